The van der Waals surface area contributed by atoms with E-state index in [1.807, 2.05) is 12.1 Å². The van der Waals surface area contributed by atoms with Gasteiger partial charge in [0, 0.05) is 29.0 Å². The molecule has 0 aliphatic rings. The molecular formula is C15H18BrFN2. The standard InChI is InChI=1S/C15H18BrFN2/c1-3-18-11(2)15-5-4-8-19(15)10-12-6-7-13(17)9-14(12)16/h4-9,11,18H,3,10H2,1-2H3. The quantitative estimate of drug-likeness (QED) is 0.875. The van der Waals surface area contributed by atoms with Crippen molar-refractivity contribution >= 4 is 15.9 Å². The molecule has 0 saturated heterocycles. The van der Waals surface area contributed by atoms with Crippen LogP contribution in [0.2, 0.25) is 0 Å². The van der Waals surface area contributed by atoms with Crippen LogP contribution < -0.4 is 5.32 Å². The van der Waals surface area contributed by atoms with Gasteiger partial charge in [-0.2, -0.15) is 0 Å². The molecule has 2 aromatic rings. The highest BCUT2D eigenvalue weighted by Crippen LogP contribution is 2.21. The molecule has 0 radical (unpaired) electrons. The molecule has 1 aromatic carbocycles. The second kappa shape index (κ2) is 6.35. The van der Waals surface area contributed by atoms with Gasteiger partial charge in [0.05, 0.1) is 0 Å². The van der Waals surface area contributed by atoms with E-state index in [0.717, 1.165) is 23.1 Å². The Bertz CT molecular complexity index is 551. The molecule has 1 atom stereocenters. The van der Waals surface area contributed by atoms with Gasteiger partial charge in [0.2, 0.25) is 0 Å². The third-order valence-corrected chi connectivity index (χ3v) is 3.91. The first-order chi connectivity index (χ1) is 9.11. The summed E-state index contributed by atoms with van der Waals surface area (Å²) in [5, 5.41) is 3.41. The molecular weight excluding hydrogens is 307 g/mol. The Hall–Kier alpha value is -1.13. The number of nitrogens with zero attached hydrogens (tertiary/aromatic N) is 1. The van der Waals surface area contributed by atoms with Crippen molar-refractivity contribution in [2.24, 2.45) is 0 Å². The molecule has 102 valence electrons. The van der Waals surface area contributed by atoms with Crippen LogP contribution in [0.1, 0.15) is 31.1 Å². The van der Waals surface area contributed by atoms with Crippen molar-refractivity contribution in [2.75, 3.05) is 6.54 Å². The van der Waals surface area contributed by atoms with Gasteiger partial charge in [-0.25, -0.2) is 4.39 Å². The summed E-state index contributed by atoms with van der Waals surface area (Å²) in [6.45, 7) is 5.92. The molecule has 1 aromatic heterocycles. The van der Waals surface area contributed by atoms with Crippen molar-refractivity contribution in [2.45, 2.75) is 26.4 Å². The molecule has 0 bridgehead atoms. The fraction of sp³-hybridized carbons (Fsp3) is 0.333. The first kappa shape index (κ1) is 14.3. The smallest absolute Gasteiger partial charge is 0.124 e. The zero-order valence-corrected chi connectivity index (χ0v) is 12.7. The molecule has 0 amide bonds. The maximum atomic E-state index is 13.1. The Morgan fingerprint density at radius 1 is 1.37 bits per heavy atom. The number of aromatic nitrogens is 1. The van der Waals surface area contributed by atoms with Gasteiger partial charge >= 0.3 is 0 Å². The van der Waals surface area contributed by atoms with E-state index in [9.17, 15) is 4.39 Å². The maximum Gasteiger partial charge on any atom is 0.124 e. The number of halogens is 2. The van der Waals surface area contributed by atoms with E-state index in [1.165, 1.54) is 17.8 Å². The fourth-order valence-electron chi connectivity index (χ4n) is 2.21. The second-order valence-corrected chi connectivity index (χ2v) is 5.43. The van der Waals surface area contributed by atoms with Crippen LogP contribution in [0.5, 0.6) is 0 Å². The van der Waals surface area contributed by atoms with Crippen LogP contribution in [0.3, 0.4) is 0 Å². The Morgan fingerprint density at radius 3 is 2.84 bits per heavy atom. The van der Waals surface area contributed by atoms with Crippen molar-refractivity contribution in [3.63, 3.8) is 0 Å². The van der Waals surface area contributed by atoms with Crippen LogP contribution in [0.15, 0.2) is 41.0 Å². The molecule has 1 N–H and O–H groups in total. The van der Waals surface area contributed by atoms with E-state index in [1.54, 1.807) is 0 Å². The highest BCUT2D eigenvalue weighted by Gasteiger charge is 2.10. The number of rotatable bonds is 5. The summed E-state index contributed by atoms with van der Waals surface area (Å²) in [6.07, 6.45) is 2.05. The van der Waals surface area contributed by atoms with Crippen molar-refractivity contribution in [1.82, 2.24) is 9.88 Å². The average molecular weight is 325 g/mol. The van der Waals surface area contributed by atoms with E-state index < -0.39 is 0 Å². The summed E-state index contributed by atoms with van der Waals surface area (Å²) in [4.78, 5) is 0. The summed E-state index contributed by atoms with van der Waals surface area (Å²) in [7, 11) is 0. The third-order valence-electron chi connectivity index (χ3n) is 3.17. The number of nitrogens with one attached hydrogen (secondary N) is 1. The van der Waals surface area contributed by atoms with Crippen LogP contribution in [0.25, 0.3) is 0 Å². The molecule has 19 heavy (non-hydrogen) atoms. The monoisotopic (exact) mass is 324 g/mol. The third kappa shape index (κ3) is 3.45. The Kier molecular flexibility index (Phi) is 4.77. The molecule has 0 aliphatic heterocycles. The summed E-state index contributed by atoms with van der Waals surface area (Å²) in [5.74, 6) is -0.218. The van der Waals surface area contributed by atoms with E-state index in [4.69, 9.17) is 0 Å². The SMILES string of the molecule is CCNC(C)c1cccn1Cc1ccc(F)cc1Br. The van der Waals surface area contributed by atoms with Crippen molar-refractivity contribution in [3.8, 4) is 0 Å². The predicted molar refractivity (Wildman–Crippen MR) is 79.7 cm³/mol. The Morgan fingerprint density at radius 2 is 2.16 bits per heavy atom. The van der Waals surface area contributed by atoms with Gasteiger partial charge in [-0.05, 0) is 43.3 Å². The van der Waals surface area contributed by atoms with Gasteiger partial charge in [-0.15, -0.1) is 0 Å². The zero-order chi connectivity index (χ0) is 13.8. The minimum absolute atomic E-state index is 0.218. The summed E-state index contributed by atoms with van der Waals surface area (Å²) in [6, 6.07) is 9.29. The van der Waals surface area contributed by atoms with Gasteiger partial charge in [0.1, 0.15) is 5.82 Å². The topological polar surface area (TPSA) is 17.0 Å². The second-order valence-electron chi connectivity index (χ2n) is 4.58. The Labute approximate surface area is 121 Å². The van der Waals surface area contributed by atoms with Crippen LogP contribution in [-0.4, -0.2) is 11.1 Å². The molecule has 0 saturated carbocycles. The van der Waals surface area contributed by atoms with Crippen molar-refractivity contribution < 1.29 is 4.39 Å². The minimum atomic E-state index is -0.218. The predicted octanol–water partition coefficient (Wildman–Crippen LogP) is 4.11. The van der Waals surface area contributed by atoms with Gasteiger partial charge in [0.15, 0.2) is 0 Å². The zero-order valence-electron chi connectivity index (χ0n) is 11.2. The van der Waals surface area contributed by atoms with Crippen LogP contribution in [-0.2, 0) is 6.54 Å². The number of benzene rings is 1. The van der Waals surface area contributed by atoms with Gasteiger partial charge < -0.3 is 9.88 Å². The first-order valence-corrected chi connectivity index (χ1v) is 7.23. The van der Waals surface area contributed by atoms with Crippen LogP contribution in [0.4, 0.5) is 4.39 Å². The molecule has 0 aliphatic carbocycles. The minimum Gasteiger partial charge on any atom is -0.346 e. The molecule has 2 nitrogen and oxygen atoms in total. The maximum absolute atomic E-state index is 13.1. The van der Waals surface area contributed by atoms with E-state index in [2.05, 4.69) is 51.9 Å². The van der Waals surface area contributed by atoms with E-state index in [-0.39, 0.29) is 5.82 Å². The van der Waals surface area contributed by atoms with Crippen LogP contribution >= 0.6 is 15.9 Å². The summed E-state index contributed by atoms with van der Waals surface area (Å²) >= 11 is 3.42. The highest BCUT2D eigenvalue weighted by molar-refractivity contribution is 9.10. The van der Waals surface area contributed by atoms with E-state index >= 15 is 0 Å². The molecule has 4 heteroatoms. The van der Waals surface area contributed by atoms with Crippen molar-refractivity contribution in [3.05, 3.63) is 58.1 Å². The van der Waals surface area contributed by atoms with Crippen LogP contribution in [0, 0.1) is 5.82 Å². The van der Waals surface area contributed by atoms with Crippen molar-refractivity contribution in [1.29, 1.82) is 0 Å². The Balaban J connectivity index is 2.21. The highest BCUT2D eigenvalue weighted by atomic mass is 79.9. The lowest BCUT2D eigenvalue weighted by atomic mass is 10.2. The number of hydrogen-bond acceptors (Lipinski definition) is 1. The molecule has 1 unspecified atom stereocenters. The molecule has 1 heterocycles. The number of hydrogen-bond donors (Lipinski definition) is 1. The van der Waals surface area contributed by atoms with Gasteiger partial charge in [0.25, 0.3) is 0 Å². The molecule has 2 rings (SSSR count). The lowest BCUT2D eigenvalue weighted by Crippen LogP contribution is -2.20. The first-order valence-electron chi connectivity index (χ1n) is 6.44. The average Bonchev–Trinajstić information content (AvgIpc) is 2.81. The van der Waals surface area contributed by atoms with E-state index in [0.29, 0.717) is 6.04 Å². The lowest BCUT2D eigenvalue weighted by Gasteiger charge is -2.17. The molecule has 0 fully saturated rings. The van der Waals surface area contributed by atoms with Gasteiger partial charge in [-0.3, -0.25) is 0 Å². The summed E-state index contributed by atoms with van der Waals surface area (Å²) < 4.78 is 16.1. The largest absolute Gasteiger partial charge is 0.346 e. The lowest BCUT2D eigenvalue weighted by molar-refractivity contribution is 0.553. The normalized spacial score (nSPS) is 12.6. The molecule has 0 spiro atoms. The van der Waals surface area contributed by atoms with Gasteiger partial charge in [-0.1, -0.05) is 28.9 Å². The fourth-order valence-corrected chi connectivity index (χ4v) is 2.68. The summed E-state index contributed by atoms with van der Waals surface area (Å²) in [5.41, 5.74) is 2.31.